The molecule has 0 spiro atoms. The third-order valence-corrected chi connectivity index (χ3v) is 4.55. The van der Waals surface area contributed by atoms with E-state index in [0.717, 1.165) is 22.2 Å². The number of rotatable bonds is 5. The van der Waals surface area contributed by atoms with E-state index in [0.29, 0.717) is 10.8 Å². The fraction of sp³-hybridized carbons (Fsp3) is 0.182. The topological polar surface area (TPSA) is 50.7 Å². The zero-order chi connectivity index (χ0) is 19.4. The molecule has 4 nitrogen and oxygen atoms in total. The molecule has 3 rings (SSSR count). The molecule has 1 N–H and O–H groups in total. The molecule has 0 aliphatic carbocycles. The number of carbonyl (C=O) groups excluding carboxylic acids is 1. The average Bonchev–Trinajstić information content (AvgIpc) is 2.67. The maximum atomic E-state index is 12.3. The first kappa shape index (κ1) is 18.9. The van der Waals surface area contributed by atoms with Gasteiger partial charge in [-0.1, -0.05) is 48.0 Å². The van der Waals surface area contributed by atoms with Crippen molar-refractivity contribution in [1.82, 2.24) is 5.43 Å². The minimum Gasteiger partial charge on any atom is -0.481 e. The molecule has 0 saturated carbocycles. The van der Waals surface area contributed by atoms with Crippen molar-refractivity contribution < 1.29 is 9.53 Å². The molecule has 1 atom stereocenters. The first-order valence-electron chi connectivity index (χ1n) is 8.70. The summed E-state index contributed by atoms with van der Waals surface area (Å²) in [6.07, 6.45) is -0.682. The van der Waals surface area contributed by atoms with Gasteiger partial charge in [0, 0.05) is 5.02 Å². The van der Waals surface area contributed by atoms with Crippen LogP contribution in [-0.4, -0.2) is 17.7 Å². The molecule has 1 unspecified atom stereocenters. The monoisotopic (exact) mass is 380 g/mol. The SMILES string of the molecule is C/C(=N\NC(=O)C(C)Oc1ccc(Cl)cc1C)c1ccc2ccccc2c1. The standard InChI is InChI=1S/C22H21ClN2O2/c1-14-12-20(23)10-11-21(14)27-16(3)22(26)25-24-15(2)18-9-8-17-6-4-5-7-19(17)13-18/h4-13,16H,1-3H3,(H,25,26)/b24-15+. The van der Waals surface area contributed by atoms with Crippen LogP contribution >= 0.6 is 11.6 Å². The number of carbonyl (C=O) groups is 1. The third-order valence-electron chi connectivity index (χ3n) is 4.31. The average molecular weight is 381 g/mol. The van der Waals surface area contributed by atoms with E-state index in [9.17, 15) is 4.79 Å². The fourth-order valence-corrected chi connectivity index (χ4v) is 2.92. The van der Waals surface area contributed by atoms with Gasteiger partial charge >= 0.3 is 0 Å². The number of hydrogen-bond acceptors (Lipinski definition) is 3. The van der Waals surface area contributed by atoms with E-state index in [1.807, 2.05) is 38.1 Å². The lowest BCUT2D eigenvalue weighted by atomic mass is 10.0. The fourth-order valence-electron chi connectivity index (χ4n) is 2.70. The summed E-state index contributed by atoms with van der Waals surface area (Å²) in [4.78, 5) is 12.3. The van der Waals surface area contributed by atoms with Crippen molar-refractivity contribution in [2.45, 2.75) is 26.9 Å². The number of fused-ring (bicyclic) bond motifs is 1. The van der Waals surface area contributed by atoms with E-state index >= 15 is 0 Å². The lowest BCUT2D eigenvalue weighted by Crippen LogP contribution is -2.34. The first-order valence-corrected chi connectivity index (χ1v) is 9.08. The van der Waals surface area contributed by atoms with Crippen molar-refractivity contribution in [3.63, 3.8) is 0 Å². The van der Waals surface area contributed by atoms with Crippen LogP contribution in [0.5, 0.6) is 5.75 Å². The number of nitrogens with one attached hydrogen (secondary N) is 1. The summed E-state index contributed by atoms with van der Waals surface area (Å²) in [7, 11) is 0. The number of aryl methyl sites for hydroxylation is 1. The van der Waals surface area contributed by atoms with E-state index in [-0.39, 0.29) is 5.91 Å². The second-order valence-corrected chi connectivity index (χ2v) is 6.84. The smallest absolute Gasteiger partial charge is 0.280 e. The van der Waals surface area contributed by atoms with E-state index in [4.69, 9.17) is 16.3 Å². The highest BCUT2D eigenvalue weighted by atomic mass is 35.5. The predicted octanol–water partition coefficient (Wildman–Crippen LogP) is 5.11. The molecule has 5 heteroatoms. The predicted molar refractivity (Wildman–Crippen MR) is 111 cm³/mol. The Morgan fingerprint density at radius 2 is 1.81 bits per heavy atom. The molecule has 27 heavy (non-hydrogen) atoms. The van der Waals surface area contributed by atoms with Crippen molar-refractivity contribution in [3.05, 3.63) is 76.8 Å². The van der Waals surface area contributed by atoms with E-state index in [1.54, 1.807) is 25.1 Å². The Bertz CT molecular complexity index is 1010. The molecule has 0 aromatic heterocycles. The molecule has 0 aliphatic rings. The Morgan fingerprint density at radius 3 is 2.56 bits per heavy atom. The quantitative estimate of drug-likeness (QED) is 0.494. The van der Waals surface area contributed by atoms with Crippen LogP contribution in [0.15, 0.2) is 65.8 Å². The second kappa shape index (κ2) is 8.23. The summed E-state index contributed by atoms with van der Waals surface area (Å²) in [5, 5.41) is 7.14. The molecule has 0 bridgehead atoms. The maximum Gasteiger partial charge on any atom is 0.280 e. The number of benzene rings is 3. The lowest BCUT2D eigenvalue weighted by molar-refractivity contribution is -0.127. The van der Waals surface area contributed by atoms with Crippen LogP contribution in [0.3, 0.4) is 0 Å². The van der Waals surface area contributed by atoms with Crippen LogP contribution in [0.4, 0.5) is 0 Å². The van der Waals surface area contributed by atoms with Gasteiger partial charge in [-0.2, -0.15) is 5.10 Å². The van der Waals surface area contributed by atoms with Gasteiger partial charge in [0.1, 0.15) is 5.75 Å². The summed E-state index contributed by atoms with van der Waals surface area (Å²) in [6.45, 7) is 5.43. The van der Waals surface area contributed by atoms with Crippen LogP contribution in [0.25, 0.3) is 10.8 Å². The normalized spacial score (nSPS) is 12.7. The van der Waals surface area contributed by atoms with Gasteiger partial charge in [0.05, 0.1) is 5.71 Å². The molecular formula is C22H21ClN2O2. The Labute approximate surface area is 163 Å². The van der Waals surface area contributed by atoms with Crippen molar-refractivity contribution in [2.75, 3.05) is 0 Å². The van der Waals surface area contributed by atoms with Crippen LogP contribution in [0.1, 0.15) is 25.0 Å². The van der Waals surface area contributed by atoms with Gasteiger partial charge in [0.2, 0.25) is 0 Å². The summed E-state index contributed by atoms with van der Waals surface area (Å²) in [6, 6.07) is 19.5. The van der Waals surface area contributed by atoms with Crippen LogP contribution in [0, 0.1) is 6.92 Å². The van der Waals surface area contributed by atoms with Crippen LogP contribution in [0.2, 0.25) is 5.02 Å². The summed E-state index contributed by atoms with van der Waals surface area (Å²) in [5.41, 5.74) is 5.13. The van der Waals surface area contributed by atoms with Gasteiger partial charge in [-0.25, -0.2) is 5.43 Å². The van der Waals surface area contributed by atoms with Gasteiger partial charge in [-0.05, 0) is 66.9 Å². The summed E-state index contributed by atoms with van der Waals surface area (Å²) >= 11 is 5.94. The van der Waals surface area contributed by atoms with Gasteiger partial charge in [0.15, 0.2) is 6.10 Å². The second-order valence-electron chi connectivity index (χ2n) is 6.41. The Kier molecular flexibility index (Phi) is 5.77. The van der Waals surface area contributed by atoms with Gasteiger partial charge in [-0.15, -0.1) is 0 Å². The molecule has 3 aromatic rings. The highest BCUT2D eigenvalue weighted by Gasteiger charge is 2.15. The first-order chi connectivity index (χ1) is 12.9. The largest absolute Gasteiger partial charge is 0.481 e. The highest BCUT2D eigenvalue weighted by Crippen LogP contribution is 2.23. The number of amides is 1. The molecule has 0 heterocycles. The number of hydrazone groups is 1. The number of hydrogen-bond donors (Lipinski definition) is 1. The molecule has 0 aliphatic heterocycles. The van der Waals surface area contributed by atoms with Crippen molar-refractivity contribution in [3.8, 4) is 5.75 Å². The number of nitrogens with zero attached hydrogens (tertiary/aromatic N) is 1. The Hall–Kier alpha value is -2.85. The number of halogens is 1. The number of ether oxygens (including phenoxy) is 1. The lowest BCUT2D eigenvalue weighted by Gasteiger charge is -2.15. The minimum atomic E-state index is -0.682. The zero-order valence-corrected chi connectivity index (χ0v) is 16.2. The maximum absolute atomic E-state index is 12.3. The van der Waals surface area contributed by atoms with Crippen LogP contribution < -0.4 is 10.2 Å². The highest BCUT2D eigenvalue weighted by molar-refractivity contribution is 6.30. The zero-order valence-electron chi connectivity index (χ0n) is 15.5. The van der Waals surface area contributed by atoms with Crippen LogP contribution in [-0.2, 0) is 4.79 Å². The summed E-state index contributed by atoms with van der Waals surface area (Å²) in [5.74, 6) is 0.307. The van der Waals surface area contributed by atoms with Gasteiger partial charge in [0.25, 0.3) is 5.91 Å². The van der Waals surface area contributed by atoms with E-state index < -0.39 is 6.10 Å². The van der Waals surface area contributed by atoms with E-state index in [1.165, 1.54) is 5.39 Å². The molecular weight excluding hydrogens is 360 g/mol. The molecule has 0 radical (unpaired) electrons. The molecule has 138 valence electrons. The van der Waals surface area contributed by atoms with Crippen molar-refractivity contribution in [2.24, 2.45) is 5.10 Å². The third kappa shape index (κ3) is 4.66. The Balaban J connectivity index is 1.67. The van der Waals surface area contributed by atoms with Crippen molar-refractivity contribution >= 4 is 34.0 Å². The Morgan fingerprint density at radius 1 is 1.07 bits per heavy atom. The summed E-state index contributed by atoms with van der Waals surface area (Å²) < 4.78 is 5.72. The van der Waals surface area contributed by atoms with Gasteiger partial charge in [-0.3, -0.25) is 4.79 Å². The molecule has 0 saturated heterocycles. The van der Waals surface area contributed by atoms with Gasteiger partial charge < -0.3 is 4.74 Å². The molecule has 0 fully saturated rings. The van der Waals surface area contributed by atoms with Crippen molar-refractivity contribution in [1.29, 1.82) is 0 Å². The molecule has 3 aromatic carbocycles. The minimum absolute atomic E-state index is 0.315. The van der Waals surface area contributed by atoms with E-state index in [2.05, 4.69) is 28.7 Å². The molecule has 1 amide bonds.